The van der Waals surface area contributed by atoms with Gasteiger partial charge in [-0.15, -0.1) is 0 Å². The van der Waals surface area contributed by atoms with Crippen molar-refractivity contribution in [2.45, 2.75) is 39.2 Å². The molecule has 1 aromatic carbocycles. The van der Waals surface area contributed by atoms with Crippen LogP contribution in [0.25, 0.3) is 0 Å². The van der Waals surface area contributed by atoms with Gasteiger partial charge in [-0.3, -0.25) is 11.3 Å². The summed E-state index contributed by atoms with van der Waals surface area (Å²) in [6.07, 6.45) is 3.43. The first kappa shape index (κ1) is 15.2. The summed E-state index contributed by atoms with van der Waals surface area (Å²) in [4.78, 5) is 0. The molecule has 3 N–H and O–H groups in total. The number of rotatable bonds is 6. The topological polar surface area (TPSA) is 38.0 Å². The van der Waals surface area contributed by atoms with Gasteiger partial charge < -0.3 is 0 Å². The molecular weight excluding hydrogens is 347 g/mol. The minimum absolute atomic E-state index is 0.189. The molecular formula is C13H20ClIN2. The third-order valence-electron chi connectivity index (χ3n) is 3.27. The zero-order valence-corrected chi connectivity index (χ0v) is 13.3. The number of hydrazine groups is 1. The maximum Gasteiger partial charge on any atom is 0.0542 e. The Morgan fingerprint density at radius 3 is 2.47 bits per heavy atom. The molecule has 1 unspecified atom stereocenters. The molecule has 0 aliphatic rings. The van der Waals surface area contributed by atoms with E-state index in [2.05, 4.69) is 47.9 Å². The van der Waals surface area contributed by atoms with Crippen molar-refractivity contribution in [3.63, 3.8) is 0 Å². The van der Waals surface area contributed by atoms with Gasteiger partial charge in [0.15, 0.2) is 0 Å². The summed E-state index contributed by atoms with van der Waals surface area (Å²) in [7, 11) is 0. The largest absolute Gasteiger partial charge is 0.271 e. The molecule has 0 radical (unpaired) electrons. The molecule has 0 fully saturated rings. The average molecular weight is 367 g/mol. The molecule has 0 saturated heterocycles. The Morgan fingerprint density at radius 2 is 2.00 bits per heavy atom. The molecule has 96 valence electrons. The van der Waals surface area contributed by atoms with Crippen molar-refractivity contribution < 1.29 is 0 Å². The molecule has 0 heterocycles. The van der Waals surface area contributed by atoms with E-state index in [9.17, 15) is 0 Å². The van der Waals surface area contributed by atoms with E-state index in [4.69, 9.17) is 17.4 Å². The van der Waals surface area contributed by atoms with Crippen LogP contribution in [0.5, 0.6) is 0 Å². The Kier molecular flexibility index (Phi) is 6.77. The van der Waals surface area contributed by atoms with Crippen LogP contribution >= 0.6 is 34.2 Å². The smallest absolute Gasteiger partial charge is 0.0542 e. The van der Waals surface area contributed by atoms with E-state index in [1.54, 1.807) is 0 Å². The van der Waals surface area contributed by atoms with Crippen molar-refractivity contribution in [3.8, 4) is 0 Å². The first-order valence-corrected chi connectivity index (χ1v) is 7.49. The molecule has 0 saturated carbocycles. The van der Waals surface area contributed by atoms with Crippen molar-refractivity contribution >= 4 is 34.2 Å². The standard InChI is InChI=1S/C13H20ClIN2/c1-3-9(4-2)7-13(17-16)10-5-6-12(15)11(14)8-10/h5-6,8-9,13,17H,3-4,7,16H2,1-2H3. The van der Waals surface area contributed by atoms with E-state index in [-0.39, 0.29) is 6.04 Å². The van der Waals surface area contributed by atoms with Gasteiger partial charge in [-0.05, 0) is 52.6 Å². The number of hydrogen-bond acceptors (Lipinski definition) is 2. The van der Waals surface area contributed by atoms with Crippen LogP contribution < -0.4 is 11.3 Å². The molecule has 2 nitrogen and oxygen atoms in total. The number of halogens is 2. The fourth-order valence-electron chi connectivity index (χ4n) is 1.98. The average Bonchev–Trinajstić information content (AvgIpc) is 2.35. The second-order valence-electron chi connectivity index (χ2n) is 4.31. The quantitative estimate of drug-likeness (QED) is 0.448. The monoisotopic (exact) mass is 366 g/mol. The molecule has 1 aromatic rings. The van der Waals surface area contributed by atoms with Gasteiger partial charge in [0.25, 0.3) is 0 Å². The van der Waals surface area contributed by atoms with Crippen molar-refractivity contribution in [1.29, 1.82) is 0 Å². The molecule has 0 spiro atoms. The zero-order valence-electron chi connectivity index (χ0n) is 10.3. The molecule has 0 bridgehead atoms. The maximum absolute atomic E-state index is 6.14. The number of nitrogens with one attached hydrogen (secondary N) is 1. The van der Waals surface area contributed by atoms with Gasteiger partial charge in [0, 0.05) is 9.61 Å². The van der Waals surface area contributed by atoms with E-state index >= 15 is 0 Å². The molecule has 0 aliphatic carbocycles. The lowest BCUT2D eigenvalue weighted by Gasteiger charge is -2.22. The van der Waals surface area contributed by atoms with E-state index < -0.39 is 0 Å². The van der Waals surface area contributed by atoms with Crippen LogP contribution in [0.2, 0.25) is 5.02 Å². The number of hydrogen-bond donors (Lipinski definition) is 2. The van der Waals surface area contributed by atoms with Gasteiger partial charge in [-0.1, -0.05) is 44.4 Å². The SMILES string of the molecule is CCC(CC)CC(NN)c1ccc(I)c(Cl)c1. The van der Waals surface area contributed by atoms with Crippen LogP contribution in [0.4, 0.5) is 0 Å². The van der Waals surface area contributed by atoms with E-state index in [1.807, 2.05) is 12.1 Å². The highest BCUT2D eigenvalue weighted by Crippen LogP contribution is 2.28. The third kappa shape index (κ3) is 4.39. The summed E-state index contributed by atoms with van der Waals surface area (Å²) >= 11 is 8.38. The van der Waals surface area contributed by atoms with Crippen molar-refractivity contribution in [2.24, 2.45) is 11.8 Å². The zero-order chi connectivity index (χ0) is 12.8. The second-order valence-corrected chi connectivity index (χ2v) is 5.88. The summed E-state index contributed by atoms with van der Waals surface area (Å²) in [5, 5.41) is 0.799. The minimum atomic E-state index is 0.189. The number of benzene rings is 1. The normalized spacial score (nSPS) is 13.1. The van der Waals surface area contributed by atoms with Crippen molar-refractivity contribution in [2.75, 3.05) is 0 Å². The predicted molar refractivity (Wildman–Crippen MR) is 82.9 cm³/mol. The van der Waals surface area contributed by atoms with Crippen LogP contribution in [0, 0.1) is 9.49 Å². The molecule has 0 amide bonds. The second kappa shape index (κ2) is 7.56. The van der Waals surface area contributed by atoms with Crippen LogP contribution in [0.15, 0.2) is 18.2 Å². The maximum atomic E-state index is 6.14. The highest BCUT2D eigenvalue weighted by Gasteiger charge is 2.15. The minimum Gasteiger partial charge on any atom is -0.271 e. The fraction of sp³-hybridized carbons (Fsp3) is 0.538. The van der Waals surface area contributed by atoms with E-state index in [1.165, 1.54) is 18.4 Å². The Bertz CT molecular complexity index is 353. The molecule has 0 aromatic heterocycles. The van der Waals surface area contributed by atoms with Gasteiger partial charge in [0.2, 0.25) is 0 Å². The Balaban J connectivity index is 2.82. The first-order chi connectivity index (χ1) is 8.12. The molecule has 4 heteroatoms. The molecule has 17 heavy (non-hydrogen) atoms. The lowest BCUT2D eigenvalue weighted by atomic mass is 9.91. The Morgan fingerprint density at radius 1 is 1.35 bits per heavy atom. The van der Waals surface area contributed by atoms with Crippen molar-refractivity contribution in [3.05, 3.63) is 32.4 Å². The lowest BCUT2D eigenvalue weighted by molar-refractivity contribution is 0.375. The Labute approximate surface area is 122 Å². The van der Waals surface area contributed by atoms with Gasteiger partial charge in [-0.25, -0.2) is 0 Å². The third-order valence-corrected chi connectivity index (χ3v) is 4.84. The van der Waals surface area contributed by atoms with Crippen LogP contribution in [-0.2, 0) is 0 Å². The van der Waals surface area contributed by atoms with Gasteiger partial charge >= 0.3 is 0 Å². The van der Waals surface area contributed by atoms with Gasteiger partial charge in [0.05, 0.1) is 5.02 Å². The van der Waals surface area contributed by atoms with Crippen molar-refractivity contribution in [1.82, 2.24) is 5.43 Å². The van der Waals surface area contributed by atoms with E-state index in [0.717, 1.165) is 15.0 Å². The summed E-state index contributed by atoms with van der Waals surface area (Å²) in [5.74, 6) is 6.36. The van der Waals surface area contributed by atoms with Crippen LogP contribution in [0.3, 0.4) is 0 Å². The highest BCUT2D eigenvalue weighted by molar-refractivity contribution is 14.1. The Hall–Kier alpha value is 0.160. The molecule has 1 rings (SSSR count). The highest BCUT2D eigenvalue weighted by atomic mass is 127. The van der Waals surface area contributed by atoms with Crippen LogP contribution in [-0.4, -0.2) is 0 Å². The van der Waals surface area contributed by atoms with Gasteiger partial charge in [-0.2, -0.15) is 0 Å². The summed E-state index contributed by atoms with van der Waals surface area (Å²) in [5.41, 5.74) is 4.07. The number of nitrogens with two attached hydrogens (primary N) is 1. The lowest BCUT2D eigenvalue weighted by Crippen LogP contribution is -2.29. The summed E-state index contributed by atoms with van der Waals surface area (Å²) in [6, 6.07) is 6.33. The van der Waals surface area contributed by atoms with Gasteiger partial charge in [0.1, 0.15) is 0 Å². The summed E-state index contributed by atoms with van der Waals surface area (Å²) in [6.45, 7) is 4.45. The summed E-state index contributed by atoms with van der Waals surface area (Å²) < 4.78 is 1.08. The fourth-order valence-corrected chi connectivity index (χ4v) is 2.51. The molecule has 0 aliphatic heterocycles. The molecule has 1 atom stereocenters. The predicted octanol–water partition coefficient (Wildman–Crippen LogP) is 4.28. The van der Waals surface area contributed by atoms with E-state index in [0.29, 0.717) is 5.92 Å². The first-order valence-electron chi connectivity index (χ1n) is 6.03. The van der Waals surface area contributed by atoms with Crippen LogP contribution in [0.1, 0.15) is 44.7 Å².